The van der Waals surface area contributed by atoms with Crippen molar-refractivity contribution < 1.29 is 46.9 Å². The van der Waals surface area contributed by atoms with Gasteiger partial charge in [0.1, 0.15) is 11.6 Å². The van der Waals surface area contributed by atoms with Crippen molar-refractivity contribution in [3.8, 4) is 28.1 Å². The number of rotatable bonds is 16. The number of anilines is 1. The number of carbonyl (C=O) groups is 4. The molecule has 63 heavy (non-hydrogen) atoms. The molecule has 3 aliphatic rings. The van der Waals surface area contributed by atoms with Crippen molar-refractivity contribution in [2.75, 3.05) is 57.8 Å². The van der Waals surface area contributed by atoms with Gasteiger partial charge < -0.3 is 40.0 Å². The van der Waals surface area contributed by atoms with Gasteiger partial charge in [-0.1, -0.05) is 52.0 Å². The Balaban J connectivity index is 1.10. The first kappa shape index (κ1) is 47.3. The molecule has 344 valence electrons. The second kappa shape index (κ2) is 21.0. The molecular formula is C45H61F3N8O7. The third-order valence-electron chi connectivity index (χ3n) is 12.7. The maximum Gasteiger partial charge on any atom is 0.573 e. The summed E-state index contributed by atoms with van der Waals surface area (Å²) in [5.74, 6) is -0.953. The van der Waals surface area contributed by atoms with Gasteiger partial charge in [0.2, 0.25) is 11.8 Å². The van der Waals surface area contributed by atoms with Gasteiger partial charge >= 0.3 is 18.4 Å². The first-order valence-corrected chi connectivity index (χ1v) is 22.0. The number of urea groups is 1. The highest BCUT2D eigenvalue weighted by atomic mass is 19.4. The van der Waals surface area contributed by atoms with E-state index in [9.17, 15) is 37.5 Å². The lowest BCUT2D eigenvalue weighted by Gasteiger charge is -2.39. The number of carboxylic acid groups (broad SMARTS) is 1. The molecule has 0 saturated carbocycles. The number of hydrogen-bond acceptors (Lipinski definition) is 9. The number of aromatic nitrogens is 2. The van der Waals surface area contributed by atoms with E-state index < -0.39 is 30.2 Å². The average Bonchev–Trinajstić information content (AvgIpc) is 3.86. The molecule has 5 atom stereocenters. The van der Waals surface area contributed by atoms with Crippen molar-refractivity contribution in [1.82, 2.24) is 35.3 Å². The number of imidazole rings is 1. The molecule has 2 unspecified atom stereocenters. The summed E-state index contributed by atoms with van der Waals surface area (Å²) in [6.45, 7) is 13.8. The van der Waals surface area contributed by atoms with Crippen LogP contribution in [0.5, 0.6) is 5.75 Å². The molecule has 4 amide bonds. The summed E-state index contributed by atoms with van der Waals surface area (Å²) in [6, 6.07) is 9.39. The lowest BCUT2D eigenvalue weighted by Crippen LogP contribution is -2.54. The normalized spacial score (nSPS) is 21.0. The molecule has 2 aromatic carbocycles. The lowest BCUT2D eigenvalue weighted by molar-refractivity contribution is -0.274. The third-order valence-corrected chi connectivity index (χ3v) is 12.7. The number of carbonyl (C=O) groups excluding carboxylic acids is 3. The van der Waals surface area contributed by atoms with Crippen LogP contribution < -0.4 is 20.7 Å². The highest BCUT2D eigenvalue weighted by Gasteiger charge is 2.45. The number of ether oxygens (including phenoxy) is 2. The highest BCUT2D eigenvalue weighted by Crippen LogP contribution is 2.41. The van der Waals surface area contributed by atoms with Crippen LogP contribution in [0.15, 0.2) is 48.7 Å². The fraction of sp³-hybridized carbons (Fsp3) is 0.578. The molecule has 3 saturated heterocycles. The molecule has 18 heteroatoms. The lowest BCUT2D eigenvalue weighted by atomic mass is 9.90. The number of aromatic amines is 1. The second-order valence-electron chi connectivity index (χ2n) is 17.2. The van der Waals surface area contributed by atoms with Crippen LogP contribution in [0, 0.1) is 17.8 Å². The summed E-state index contributed by atoms with van der Waals surface area (Å²) in [7, 11) is 0. The number of benzene rings is 2. The molecule has 1 aromatic heterocycles. The standard InChI is InChI=1S/C45H61F3N8O7/c1-6-34(54-17-19-55(20-18-54)42(59)27(2)3)13-16-49-44(61)52-33-11-12-35(38(24-33)63-45(46,47)48)30-7-9-31(10-8-30)36-25-51-41(53-36)37-23-28(4)29(5)56(37)43(60)40(50-26-39(57)58)32-14-21-62-22-15-32/h7-12,24-25,27-29,32,34,37,40,50H,6,13-23,26H2,1-5H3,(H,51,53)(H,57,58)(H2,49,52,61)/t28?,29-,34?,37+,40+/m1/s1. The summed E-state index contributed by atoms with van der Waals surface area (Å²) in [6.07, 6.45) is 0.113. The van der Waals surface area contributed by atoms with Crippen LogP contribution in [0.1, 0.15) is 78.6 Å². The van der Waals surface area contributed by atoms with E-state index in [1.807, 2.05) is 30.6 Å². The molecule has 0 spiro atoms. The Morgan fingerprint density at radius 3 is 2.30 bits per heavy atom. The summed E-state index contributed by atoms with van der Waals surface area (Å²) in [5.41, 5.74) is 2.07. The topological polar surface area (TPSA) is 181 Å². The van der Waals surface area contributed by atoms with Gasteiger partial charge in [-0.3, -0.25) is 24.6 Å². The molecule has 4 heterocycles. The molecule has 0 bridgehead atoms. The molecule has 5 N–H and O–H groups in total. The zero-order chi connectivity index (χ0) is 45.4. The minimum Gasteiger partial charge on any atom is -0.480 e. The fourth-order valence-electron chi connectivity index (χ4n) is 9.06. The first-order chi connectivity index (χ1) is 30.0. The number of amides is 4. The zero-order valence-corrected chi connectivity index (χ0v) is 36.7. The van der Waals surface area contributed by atoms with Gasteiger partial charge in [-0.05, 0) is 74.1 Å². The van der Waals surface area contributed by atoms with Crippen LogP contribution in [0.25, 0.3) is 22.4 Å². The second-order valence-corrected chi connectivity index (χ2v) is 17.2. The van der Waals surface area contributed by atoms with Gasteiger partial charge in [-0.2, -0.15) is 0 Å². The summed E-state index contributed by atoms with van der Waals surface area (Å²) >= 11 is 0. The summed E-state index contributed by atoms with van der Waals surface area (Å²) in [5, 5.41) is 17.9. The van der Waals surface area contributed by atoms with E-state index >= 15 is 0 Å². The zero-order valence-electron chi connectivity index (χ0n) is 36.7. The summed E-state index contributed by atoms with van der Waals surface area (Å²) in [4.78, 5) is 65.1. The SMILES string of the molecule is CCC(CCNC(=O)Nc1ccc(-c2ccc(-c3cnc([C@@H]4CC(C)[C@@H](C)N4C(=O)[C@@H](NCC(=O)O)C4CCOCC4)[nH]3)cc2)c(OC(F)(F)F)c1)N1CCN(C(=O)C(C)C)CC1. The average molecular weight is 883 g/mol. The number of halogens is 3. The highest BCUT2D eigenvalue weighted by molar-refractivity contribution is 5.90. The molecule has 3 fully saturated rings. The van der Waals surface area contributed by atoms with Crippen LogP contribution in [0.2, 0.25) is 0 Å². The number of hydrogen-bond donors (Lipinski definition) is 5. The predicted molar refractivity (Wildman–Crippen MR) is 231 cm³/mol. The smallest absolute Gasteiger partial charge is 0.480 e. The van der Waals surface area contributed by atoms with E-state index in [4.69, 9.17) is 4.74 Å². The number of likely N-dealkylation sites (tertiary alicyclic amines) is 1. The van der Waals surface area contributed by atoms with E-state index in [1.165, 1.54) is 12.1 Å². The van der Waals surface area contributed by atoms with E-state index in [0.717, 1.165) is 25.6 Å². The Kier molecular flexibility index (Phi) is 15.8. The number of carboxylic acids is 1. The molecule has 0 aliphatic carbocycles. The summed E-state index contributed by atoms with van der Waals surface area (Å²) < 4.78 is 51.1. The monoisotopic (exact) mass is 882 g/mol. The number of piperazine rings is 1. The van der Waals surface area contributed by atoms with Crippen LogP contribution in [-0.4, -0.2) is 131 Å². The van der Waals surface area contributed by atoms with Crippen LogP contribution in [0.4, 0.5) is 23.7 Å². The van der Waals surface area contributed by atoms with Crippen molar-refractivity contribution in [3.05, 3.63) is 54.5 Å². The predicted octanol–water partition coefficient (Wildman–Crippen LogP) is 6.50. The minimum absolute atomic E-state index is 0.0469. The van der Waals surface area contributed by atoms with Gasteiger partial charge in [-0.25, -0.2) is 9.78 Å². The van der Waals surface area contributed by atoms with Gasteiger partial charge in [0.15, 0.2) is 0 Å². The molecule has 15 nitrogen and oxygen atoms in total. The largest absolute Gasteiger partial charge is 0.573 e. The van der Waals surface area contributed by atoms with Crippen LogP contribution in [0.3, 0.4) is 0 Å². The Bertz CT molecular complexity index is 2030. The maximum atomic E-state index is 14.3. The van der Waals surface area contributed by atoms with Gasteiger partial charge in [0, 0.05) is 81.3 Å². The van der Waals surface area contributed by atoms with Gasteiger partial charge in [0.25, 0.3) is 0 Å². The Labute approximate surface area is 366 Å². The van der Waals surface area contributed by atoms with E-state index in [2.05, 4.69) is 49.4 Å². The molecule has 0 radical (unpaired) electrons. The Morgan fingerprint density at radius 2 is 1.67 bits per heavy atom. The molecule has 6 rings (SSSR count). The number of nitrogens with one attached hydrogen (secondary N) is 4. The number of nitrogens with zero attached hydrogens (tertiary/aromatic N) is 4. The van der Waals surface area contributed by atoms with Gasteiger partial charge in [-0.15, -0.1) is 13.2 Å². The number of aliphatic carboxylic acids is 1. The minimum atomic E-state index is -4.99. The van der Waals surface area contributed by atoms with E-state index in [1.54, 1.807) is 30.5 Å². The van der Waals surface area contributed by atoms with E-state index in [0.29, 0.717) is 81.2 Å². The van der Waals surface area contributed by atoms with Crippen molar-refractivity contribution in [2.45, 2.75) is 97.3 Å². The van der Waals surface area contributed by atoms with E-state index in [-0.39, 0.29) is 65.5 Å². The molecule has 3 aliphatic heterocycles. The molecule has 3 aromatic rings. The third kappa shape index (κ3) is 12.1. The maximum absolute atomic E-state index is 14.3. The van der Waals surface area contributed by atoms with Crippen molar-refractivity contribution in [3.63, 3.8) is 0 Å². The van der Waals surface area contributed by atoms with Crippen molar-refractivity contribution in [1.29, 1.82) is 0 Å². The van der Waals surface area contributed by atoms with Crippen LogP contribution >= 0.6 is 0 Å². The number of alkyl halides is 3. The fourth-order valence-corrected chi connectivity index (χ4v) is 9.06. The van der Waals surface area contributed by atoms with Crippen molar-refractivity contribution in [2.24, 2.45) is 17.8 Å². The van der Waals surface area contributed by atoms with Gasteiger partial charge in [0.05, 0.1) is 30.5 Å². The number of H-pyrrole nitrogens is 1. The molecular weight excluding hydrogens is 822 g/mol. The Hall–Kier alpha value is -5.20. The first-order valence-electron chi connectivity index (χ1n) is 22.0. The van der Waals surface area contributed by atoms with Crippen molar-refractivity contribution >= 4 is 29.5 Å². The Morgan fingerprint density at radius 1 is 0.984 bits per heavy atom. The quantitative estimate of drug-likeness (QED) is 0.107. The van der Waals surface area contributed by atoms with Crippen LogP contribution in [-0.2, 0) is 19.1 Å².